The monoisotopic (exact) mass is 526 g/mol. The molecular formula is C31H34N4O2S. The third kappa shape index (κ3) is 6.52. The van der Waals surface area contributed by atoms with Crippen molar-refractivity contribution in [2.75, 3.05) is 18.4 Å². The van der Waals surface area contributed by atoms with Gasteiger partial charge in [-0.1, -0.05) is 92.3 Å². The molecule has 7 heteroatoms. The van der Waals surface area contributed by atoms with E-state index < -0.39 is 0 Å². The lowest BCUT2D eigenvalue weighted by atomic mass is 9.87. The third-order valence-corrected chi connectivity index (χ3v) is 7.91. The van der Waals surface area contributed by atoms with Crippen LogP contribution in [0.5, 0.6) is 0 Å². The van der Waals surface area contributed by atoms with E-state index in [-0.39, 0.29) is 17.2 Å². The molecule has 0 saturated carbocycles. The van der Waals surface area contributed by atoms with Gasteiger partial charge in [0.05, 0.1) is 18.2 Å². The fourth-order valence-electron chi connectivity index (χ4n) is 4.67. The maximum Gasteiger partial charge on any atom is 0.241 e. The fourth-order valence-corrected chi connectivity index (χ4v) is 5.59. The Balaban J connectivity index is 1.20. The van der Waals surface area contributed by atoms with Crippen LogP contribution >= 0.6 is 11.8 Å². The van der Waals surface area contributed by atoms with Gasteiger partial charge in [-0.25, -0.2) is 0 Å². The van der Waals surface area contributed by atoms with Crippen LogP contribution in [0.2, 0.25) is 0 Å². The molecule has 38 heavy (non-hydrogen) atoms. The van der Waals surface area contributed by atoms with Crippen molar-refractivity contribution in [1.29, 1.82) is 0 Å². The van der Waals surface area contributed by atoms with Gasteiger partial charge in [0.15, 0.2) is 0 Å². The number of likely N-dealkylation sites (tertiary alicyclic amines) is 1. The van der Waals surface area contributed by atoms with Gasteiger partial charge in [0.25, 0.3) is 0 Å². The molecule has 4 aromatic rings. The molecule has 5 rings (SSSR count). The first-order chi connectivity index (χ1) is 18.3. The lowest BCUT2D eigenvalue weighted by molar-refractivity contribution is -0.121. The van der Waals surface area contributed by atoms with Crippen LogP contribution in [0.1, 0.15) is 45.1 Å². The Kier molecular flexibility index (Phi) is 7.95. The molecule has 1 aromatic heterocycles. The summed E-state index contributed by atoms with van der Waals surface area (Å²) in [5.41, 5.74) is 3.16. The number of anilines is 1. The van der Waals surface area contributed by atoms with E-state index in [4.69, 9.17) is 4.52 Å². The average Bonchev–Trinajstić information content (AvgIpc) is 3.38. The molecule has 6 nitrogen and oxygen atoms in total. The zero-order valence-corrected chi connectivity index (χ0v) is 23.0. The fraction of sp³-hybridized carbons (Fsp3) is 0.323. The van der Waals surface area contributed by atoms with Gasteiger partial charge in [-0.05, 0) is 54.6 Å². The van der Waals surface area contributed by atoms with Gasteiger partial charge in [-0.2, -0.15) is 4.98 Å². The third-order valence-electron chi connectivity index (χ3n) is 6.83. The van der Waals surface area contributed by atoms with Crippen LogP contribution in [0.25, 0.3) is 11.4 Å². The molecule has 1 aliphatic heterocycles. The second kappa shape index (κ2) is 11.5. The highest BCUT2D eigenvalue weighted by atomic mass is 32.2. The Labute approximate surface area is 228 Å². The van der Waals surface area contributed by atoms with Crippen LogP contribution in [-0.2, 0) is 16.8 Å². The summed E-state index contributed by atoms with van der Waals surface area (Å²) in [5, 5.41) is 7.39. The smallest absolute Gasteiger partial charge is 0.241 e. The molecule has 0 bridgehead atoms. The van der Waals surface area contributed by atoms with Gasteiger partial charge in [-0.15, -0.1) is 0 Å². The zero-order valence-electron chi connectivity index (χ0n) is 22.2. The molecule has 0 spiro atoms. The van der Waals surface area contributed by atoms with Gasteiger partial charge >= 0.3 is 0 Å². The van der Waals surface area contributed by atoms with Crippen LogP contribution in [0.15, 0.2) is 93.2 Å². The zero-order chi connectivity index (χ0) is 26.5. The van der Waals surface area contributed by atoms with Crippen molar-refractivity contribution in [2.24, 2.45) is 5.92 Å². The van der Waals surface area contributed by atoms with Crippen molar-refractivity contribution in [3.8, 4) is 11.4 Å². The summed E-state index contributed by atoms with van der Waals surface area (Å²) in [6.07, 6.45) is 1.82. The predicted molar refractivity (Wildman–Crippen MR) is 152 cm³/mol. The molecule has 1 fully saturated rings. The van der Waals surface area contributed by atoms with Crippen LogP contribution < -0.4 is 5.32 Å². The second-order valence-electron chi connectivity index (χ2n) is 10.8. The van der Waals surface area contributed by atoms with Crippen molar-refractivity contribution in [2.45, 2.75) is 55.4 Å². The lowest BCUT2D eigenvalue weighted by Gasteiger charge is -2.31. The van der Waals surface area contributed by atoms with Crippen LogP contribution in [-0.4, -0.2) is 34.0 Å². The van der Waals surface area contributed by atoms with Gasteiger partial charge < -0.3 is 9.84 Å². The number of benzene rings is 3. The minimum atomic E-state index is -0.0918. The average molecular weight is 527 g/mol. The molecule has 1 amide bonds. The Morgan fingerprint density at radius 2 is 1.76 bits per heavy atom. The van der Waals surface area contributed by atoms with E-state index in [2.05, 4.69) is 65.4 Å². The van der Waals surface area contributed by atoms with E-state index >= 15 is 0 Å². The molecule has 196 valence electrons. The van der Waals surface area contributed by atoms with Crippen LogP contribution in [0.3, 0.4) is 0 Å². The number of nitrogens with zero attached hydrogens (tertiary/aromatic N) is 3. The molecule has 1 atom stereocenters. The van der Waals surface area contributed by atoms with Crippen LogP contribution in [0, 0.1) is 5.92 Å². The summed E-state index contributed by atoms with van der Waals surface area (Å²) < 4.78 is 5.58. The topological polar surface area (TPSA) is 71.3 Å². The van der Waals surface area contributed by atoms with Crippen molar-refractivity contribution in [3.05, 3.63) is 90.3 Å². The largest absolute Gasteiger partial charge is 0.338 e. The van der Waals surface area contributed by atoms with Gasteiger partial charge in [0.2, 0.25) is 17.6 Å². The van der Waals surface area contributed by atoms with Gasteiger partial charge in [0, 0.05) is 21.9 Å². The van der Waals surface area contributed by atoms with E-state index in [9.17, 15) is 4.79 Å². The number of hydrogen-bond acceptors (Lipinski definition) is 6. The van der Waals surface area contributed by atoms with Crippen molar-refractivity contribution < 1.29 is 9.32 Å². The number of hydrogen-bond donors (Lipinski definition) is 1. The highest BCUT2D eigenvalue weighted by Gasteiger charge is 2.27. The summed E-state index contributed by atoms with van der Waals surface area (Å²) in [6, 6.07) is 26.5. The van der Waals surface area contributed by atoms with E-state index in [1.165, 1.54) is 5.56 Å². The Hall–Kier alpha value is -3.42. The molecule has 2 heterocycles. The normalized spacial score (nSPS) is 16.3. The summed E-state index contributed by atoms with van der Waals surface area (Å²) >= 11 is 1.65. The Bertz CT molecular complexity index is 1360. The first-order valence-electron chi connectivity index (χ1n) is 13.1. The number of aromatic nitrogens is 2. The number of carbonyl (C=O) groups excluding carboxylic acids is 1. The molecule has 1 unspecified atom stereocenters. The van der Waals surface area contributed by atoms with Crippen LogP contribution in [0.4, 0.5) is 5.69 Å². The van der Waals surface area contributed by atoms with E-state index in [0.717, 1.165) is 40.4 Å². The lowest BCUT2D eigenvalue weighted by Crippen LogP contribution is -2.40. The van der Waals surface area contributed by atoms with Crippen molar-refractivity contribution >= 4 is 23.4 Å². The summed E-state index contributed by atoms with van der Waals surface area (Å²) in [5.74, 6) is 1.14. The minimum Gasteiger partial charge on any atom is -0.338 e. The number of piperidine rings is 1. The predicted octanol–water partition coefficient (Wildman–Crippen LogP) is 7.04. The molecule has 0 aliphatic carbocycles. The summed E-state index contributed by atoms with van der Waals surface area (Å²) in [4.78, 5) is 22.3. The van der Waals surface area contributed by atoms with Crippen molar-refractivity contribution in [1.82, 2.24) is 15.0 Å². The van der Waals surface area contributed by atoms with E-state index in [1.54, 1.807) is 11.8 Å². The van der Waals surface area contributed by atoms with Gasteiger partial charge in [-0.3, -0.25) is 9.69 Å². The molecule has 3 aromatic carbocycles. The SMILES string of the molecule is CC(C)(C)c1ccc(-c2noc(CN3CCCC(C(=O)Nc4ccccc4Sc4ccccc4)C3)n2)cc1. The Morgan fingerprint density at radius 3 is 2.53 bits per heavy atom. The summed E-state index contributed by atoms with van der Waals surface area (Å²) in [6.45, 7) is 8.70. The second-order valence-corrected chi connectivity index (χ2v) is 11.9. The molecule has 1 N–H and O–H groups in total. The number of para-hydroxylation sites is 1. The molecule has 0 radical (unpaired) electrons. The molecule has 1 saturated heterocycles. The number of rotatable bonds is 7. The number of nitrogens with one attached hydrogen (secondary N) is 1. The van der Waals surface area contributed by atoms with Gasteiger partial charge in [0.1, 0.15) is 0 Å². The quantitative estimate of drug-likeness (QED) is 0.279. The molecular weight excluding hydrogens is 492 g/mol. The summed E-state index contributed by atoms with van der Waals surface area (Å²) in [7, 11) is 0. The minimum absolute atomic E-state index is 0.0565. The number of amides is 1. The van der Waals surface area contributed by atoms with Crippen molar-refractivity contribution in [3.63, 3.8) is 0 Å². The first-order valence-corrected chi connectivity index (χ1v) is 14.0. The highest BCUT2D eigenvalue weighted by molar-refractivity contribution is 7.99. The number of carbonyl (C=O) groups is 1. The highest BCUT2D eigenvalue weighted by Crippen LogP contribution is 2.34. The van der Waals surface area contributed by atoms with E-state index in [0.29, 0.717) is 24.8 Å². The Morgan fingerprint density at radius 1 is 1.03 bits per heavy atom. The maximum atomic E-state index is 13.3. The first kappa shape index (κ1) is 26.2. The molecule has 1 aliphatic rings. The standard InChI is InChI=1S/C31H34N4O2S/c1-31(2,3)24-17-15-22(16-18-24)29-33-28(37-34-29)21-35-19-9-10-23(20-35)30(36)32-26-13-7-8-14-27(26)38-25-11-5-4-6-12-25/h4-8,11-18,23H,9-10,19-21H2,1-3H3,(H,32,36). The maximum absolute atomic E-state index is 13.3. The van der Waals surface area contributed by atoms with E-state index in [1.807, 2.05) is 54.6 Å².